The van der Waals surface area contributed by atoms with E-state index in [1.165, 1.54) is 0 Å². The first kappa shape index (κ1) is 15.9. The summed E-state index contributed by atoms with van der Waals surface area (Å²) in [5.41, 5.74) is -0.335. The molecule has 0 unspecified atom stereocenters. The Bertz CT molecular complexity index is 715. The van der Waals surface area contributed by atoms with Crippen molar-refractivity contribution >= 4 is 28.6 Å². The first-order valence-corrected chi connectivity index (χ1v) is 9.89. The molecule has 7 heteroatoms. The van der Waals surface area contributed by atoms with Crippen LogP contribution in [0, 0.1) is 5.41 Å². The average Bonchev–Trinajstić information content (AvgIpc) is 3.34. The van der Waals surface area contributed by atoms with E-state index < -0.39 is 0 Å². The molecule has 126 valence electrons. The number of nitrogens with zero attached hydrogens (tertiary/aromatic N) is 4. The molecule has 2 saturated heterocycles. The van der Waals surface area contributed by atoms with Gasteiger partial charge in [-0.05, 0) is 6.42 Å². The third-order valence-electron chi connectivity index (χ3n) is 5.10. The average molecular weight is 361 g/mol. The van der Waals surface area contributed by atoms with Gasteiger partial charge in [0.25, 0.3) is 0 Å². The summed E-state index contributed by atoms with van der Waals surface area (Å²) in [6, 6.07) is 0. The van der Waals surface area contributed by atoms with Gasteiger partial charge < -0.3 is 4.90 Å². The quantitative estimate of drug-likeness (QED) is 0.769. The van der Waals surface area contributed by atoms with Gasteiger partial charge >= 0.3 is 0 Å². The van der Waals surface area contributed by atoms with Crippen molar-refractivity contribution in [2.45, 2.75) is 18.9 Å². The van der Waals surface area contributed by atoms with Crippen LogP contribution in [0.4, 0.5) is 0 Å². The number of thiazole rings is 2. The van der Waals surface area contributed by atoms with Crippen LogP contribution in [0.2, 0.25) is 0 Å². The fourth-order valence-corrected chi connectivity index (χ4v) is 5.53. The van der Waals surface area contributed by atoms with Crippen LogP contribution in [0.25, 0.3) is 0 Å². The Morgan fingerprint density at radius 1 is 1.33 bits per heavy atom. The van der Waals surface area contributed by atoms with E-state index in [9.17, 15) is 4.79 Å². The van der Waals surface area contributed by atoms with Gasteiger partial charge in [-0.25, -0.2) is 9.97 Å². The van der Waals surface area contributed by atoms with Gasteiger partial charge in [-0.1, -0.05) is 6.08 Å². The van der Waals surface area contributed by atoms with Crippen molar-refractivity contribution in [1.29, 1.82) is 0 Å². The molecule has 2 aromatic heterocycles. The fraction of sp³-hybridized carbons (Fsp3) is 0.471. The molecule has 0 N–H and O–H groups in total. The lowest BCUT2D eigenvalue weighted by atomic mass is 9.77. The van der Waals surface area contributed by atoms with E-state index >= 15 is 0 Å². The fourth-order valence-electron chi connectivity index (χ4n) is 4.03. The van der Waals surface area contributed by atoms with E-state index in [4.69, 9.17) is 0 Å². The summed E-state index contributed by atoms with van der Waals surface area (Å²) in [7, 11) is 0. The SMILES string of the molecule is C=CCN1CC[C@@]2(CN(Cc3nccs3)C[C@@H]2c2nccs2)C1=O. The molecule has 0 radical (unpaired) electrons. The molecule has 2 aliphatic heterocycles. The van der Waals surface area contributed by atoms with Gasteiger partial charge in [-0.2, -0.15) is 0 Å². The first-order valence-electron chi connectivity index (χ1n) is 8.13. The number of amides is 1. The number of carbonyl (C=O) groups excluding carboxylic acids is 1. The minimum atomic E-state index is -0.335. The Labute approximate surface area is 149 Å². The summed E-state index contributed by atoms with van der Waals surface area (Å²) >= 11 is 3.34. The number of rotatable bonds is 5. The van der Waals surface area contributed by atoms with Gasteiger partial charge in [0.1, 0.15) is 5.01 Å². The van der Waals surface area contributed by atoms with Crippen LogP contribution in [0.1, 0.15) is 22.4 Å². The maximum absolute atomic E-state index is 13.2. The first-order chi connectivity index (χ1) is 11.7. The molecule has 0 bridgehead atoms. The summed E-state index contributed by atoms with van der Waals surface area (Å²) in [6.07, 6.45) is 6.41. The number of hydrogen-bond acceptors (Lipinski definition) is 6. The van der Waals surface area contributed by atoms with Crippen molar-refractivity contribution in [3.05, 3.63) is 45.8 Å². The van der Waals surface area contributed by atoms with E-state index in [2.05, 4.69) is 21.4 Å². The molecule has 24 heavy (non-hydrogen) atoms. The largest absolute Gasteiger partial charge is 0.338 e. The van der Waals surface area contributed by atoms with Crippen LogP contribution in [0.15, 0.2) is 35.8 Å². The van der Waals surface area contributed by atoms with Crippen LogP contribution in [-0.2, 0) is 11.3 Å². The van der Waals surface area contributed by atoms with Crippen LogP contribution in [0.3, 0.4) is 0 Å². The smallest absolute Gasteiger partial charge is 0.231 e. The molecule has 4 heterocycles. The molecule has 4 rings (SSSR count). The molecule has 0 aromatic carbocycles. The highest BCUT2D eigenvalue weighted by Crippen LogP contribution is 2.50. The summed E-state index contributed by atoms with van der Waals surface area (Å²) in [5, 5.41) is 6.21. The van der Waals surface area contributed by atoms with Gasteiger partial charge in [-0.15, -0.1) is 29.3 Å². The Morgan fingerprint density at radius 3 is 2.88 bits per heavy atom. The zero-order chi connectivity index (χ0) is 16.6. The predicted molar refractivity (Wildman–Crippen MR) is 96.1 cm³/mol. The second kappa shape index (κ2) is 6.38. The normalized spacial score (nSPS) is 27.4. The summed E-state index contributed by atoms with van der Waals surface area (Å²) in [6.45, 7) is 7.73. The van der Waals surface area contributed by atoms with E-state index in [0.29, 0.717) is 6.54 Å². The Balaban J connectivity index is 1.62. The highest BCUT2D eigenvalue weighted by Gasteiger charge is 2.57. The molecule has 2 aromatic rings. The zero-order valence-electron chi connectivity index (χ0n) is 13.4. The van der Waals surface area contributed by atoms with Gasteiger partial charge in [0.2, 0.25) is 5.91 Å². The van der Waals surface area contributed by atoms with E-state index in [1.54, 1.807) is 22.7 Å². The predicted octanol–water partition coefficient (Wildman–Crippen LogP) is 2.60. The lowest BCUT2D eigenvalue weighted by molar-refractivity contribution is -0.135. The van der Waals surface area contributed by atoms with Crippen molar-refractivity contribution in [3.63, 3.8) is 0 Å². The van der Waals surface area contributed by atoms with Crippen molar-refractivity contribution in [3.8, 4) is 0 Å². The van der Waals surface area contributed by atoms with Crippen LogP contribution in [-0.4, -0.2) is 51.9 Å². The Kier molecular flexibility index (Phi) is 4.24. The van der Waals surface area contributed by atoms with Gasteiger partial charge in [0.15, 0.2) is 0 Å². The molecule has 5 nitrogen and oxygen atoms in total. The van der Waals surface area contributed by atoms with E-state index in [-0.39, 0.29) is 17.2 Å². The number of likely N-dealkylation sites (tertiary alicyclic amines) is 2. The molecular weight excluding hydrogens is 340 g/mol. The molecule has 2 aliphatic rings. The Morgan fingerprint density at radius 2 is 2.17 bits per heavy atom. The van der Waals surface area contributed by atoms with Crippen molar-refractivity contribution in [1.82, 2.24) is 19.8 Å². The van der Waals surface area contributed by atoms with Gasteiger partial charge in [0, 0.05) is 55.3 Å². The zero-order valence-corrected chi connectivity index (χ0v) is 15.1. The molecule has 2 atom stereocenters. The summed E-state index contributed by atoms with van der Waals surface area (Å²) < 4.78 is 0. The third kappa shape index (κ3) is 2.60. The molecular formula is C17H20N4OS2. The van der Waals surface area contributed by atoms with Crippen molar-refractivity contribution < 1.29 is 4.79 Å². The van der Waals surface area contributed by atoms with Crippen molar-refractivity contribution in [2.75, 3.05) is 26.2 Å². The topological polar surface area (TPSA) is 49.3 Å². The molecule has 1 spiro atoms. The monoisotopic (exact) mass is 360 g/mol. The van der Waals surface area contributed by atoms with Gasteiger partial charge in [-0.3, -0.25) is 9.69 Å². The van der Waals surface area contributed by atoms with E-state index in [1.807, 2.05) is 34.1 Å². The van der Waals surface area contributed by atoms with E-state index in [0.717, 1.165) is 42.6 Å². The Hall–Kier alpha value is -1.57. The number of aromatic nitrogens is 2. The highest BCUT2D eigenvalue weighted by molar-refractivity contribution is 7.09. The third-order valence-corrected chi connectivity index (χ3v) is 6.75. The number of carbonyl (C=O) groups is 1. The van der Waals surface area contributed by atoms with Crippen LogP contribution < -0.4 is 0 Å². The lowest BCUT2D eigenvalue weighted by Crippen LogP contribution is -2.39. The summed E-state index contributed by atoms with van der Waals surface area (Å²) in [5.74, 6) is 0.448. The van der Waals surface area contributed by atoms with Crippen molar-refractivity contribution in [2.24, 2.45) is 5.41 Å². The van der Waals surface area contributed by atoms with Crippen LogP contribution >= 0.6 is 22.7 Å². The second-order valence-corrected chi connectivity index (χ2v) is 8.37. The maximum atomic E-state index is 13.2. The molecule has 2 fully saturated rings. The minimum Gasteiger partial charge on any atom is -0.338 e. The summed E-state index contributed by atoms with van der Waals surface area (Å²) in [4.78, 5) is 26.5. The molecule has 1 amide bonds. The van der Waals surface area contributed by atoms with Gasteiger partial charge in [0.05, 0.1) is 17.0 Å². The highest BCUT2D eigenvalue weighted by atomic mass is 32.1. The molecule has 0 saturated carbocycles. The number of hydrogen-bond donors (Lipinski definition) is 0. The maximum Gasteiger partial charge on any atom is 0.231 e. The second-order valence-electron chi connectivity index (χ2n) is 6.46. The minimum absolute atomic E-state index is 0.180. The molecule has 0 aliphatic carbocycles. The standard InChI is InChI=1S/C17H20N4OS2/c1-2-6-21-7-3-17(16(21)22)12-20(11-14-18-4-8-23-14)10-13(17)15-19-5-9-24-15/h2,4-5,8-9,13H,1,3,6-7,10-12H2/t13-,17+/m1/s1. The van der Waals surface area contributed by atoms with Crippen LogP contribution in [0.5, 0.6) is 0 Å². The lowest BCUT2D eigenvalue weighted by Gasteiger charge is -2.27.